The van der Waals surface area contributed by atoms with Crippen LogP contribution in [0.4, 0.5) is 0 Å². The van der Waals surface area contributed by atoms with Gasteiger partial charge in [-0.1, -0.05) is 60.3 Å². The van der Waals surface area contributed by atoms with Crippen molar-refractivity contribution in [3.8, 4) is 11.5 Å². The van der Waals surface area contributed by atoms with Crippen molar-refractivity contribution in [3.63, 3.8) is 0 Å². The van der Waals surface area contributed by atoms with Crippen LogP contribution < -0.4 is 14.9 Å². The number of benzene rings is 3. The lowest BCUT2D eigenvalue weighted by Gasteiger charge is -2.13. The number of aromatic amines is 1. The quantitative estimate of drug-likeness (QED) is 0.226. The number of para-hydroxylation sites is 3. The van der Waals surface area contributed by atoms with Crippen molar-refractivity contribution < 1.29 is 14.3 Å². The van der Waals surface area contributed by atoms with Crippen LogP contribution in [0.3, 0.4) is 0 Å². The molecular formula is C24H22N4O3S. The minimum atomic E-state index is -0.235. The fourth-order valence-electron chi connectivity index (χ4n) is 3.02. The number of thioether (sulfide) groups is 1. The molecule has 0 bridgehead atoms. The molecule has 0 aliphatic heterocycles. The van der Waals surface area contributed by atoms with Crippen LogP contribution >= 0.6 is 11.8 Å². The number of carbonyl (C=O) groups is 1. The largest absolute Gasteiger partial charge is 0.493 e. The number of methoxy groups -OCH3 is 1. The lowest BCUT2D eigenvalue weighted by molar-refractivity contribution is -0.118. The average molecular weight is 447 g/mol. The van der Waals surface area contributed by atoms with E-state index in [1.165, 1.54) is 11.8 Å². The van der Waals surface area contributed by atoms with Crippen molar-refractivity contribution in [1.82, 2.24) is 15.4 Å². The molecular weight excluding hydrogens is 424 g/mol. The number of nitrogens with one attached hydrogen (secondary N) is 2. The zero-order chi connectivity index (χ0) is 22.2. The highest BCUT2D eigenvalue weighted by molar-refractivity contribution is 7.99. The van der Waals surface area contributed by atoms with Gasteiger partial charge in [0.2, 0.25) is 0 Å². The molecule has 0 fully saturated rings. The number of H-pyrrole nitrogens is 1. The lowest BCUT2D eigenvalue weighted by Crippen LogP contribution is -2.19. The van der Waals surface area contributed by atoms with Crippen molar-refractivity contribution in [2.24, 2.45) is 5.10 Å². The minimum Gasteiger partial charge on any atom is -0.493 e. The van der Waals surface area contributed by atoms with E-state index in [0.717, 1.165) is 16.6 Å². The molecule has 4 aromatic rings. The molecule has 32 heavy (non-hydrogen) atoms. The first-order valence-electron chi connectivity index (χ1n) is 9.96. The van der Waals surface area contributed by atoms with Gasteiger partial charge in [-0.3, -0.25) is 4.79 Å². The van der Waals surface area contributed by atoms with Crippen LogP contribution in [0.1, 0.15) is 11.1 Å². The molecule has 1 aromatic heterocycles. The third-order valence-electron chi connectivity index (χ3n) is 4.56. The number of hydrazone groups is 1. The molecule has 0 aliphatic rings. The van der Waals surface area contributed by atoms with Gasteiger partial charge in [-0.2, -0.15) is 5.10 Å². The van der Waals surface area contributed by atoms with Gasteiger partial charge in [0.15, 0.2) is 16.7 Å². The third-order valence-corrected chi connectivity index (χ3v) is 5.43. The molecule has 0 radical (unpaired) electrons. The maximum atomic E-state index is 12.2. The summed E-state index contributed by atoms with van der Waals surface area (Å²) in [6.07, 6.45) is 1.55. The summed E-state index contributed by atoms with van der Waals surface area (Å²) in [6, 6.07) is 23.1. The number of carbonyl (C=O) groups excluding carboxylic acids is 1. The number of amides is 1. The summed E-state index contributed by atoms with van der Waals surface area (Å²) in [5.41, 5.74) is 6.09. The SMILES string of the molecule is COc1cccc(/C=N/NC(=O)CSc2nc3ccccc3[nH]2)c1OCc1ccccc1. The number of imidazole rings is 1. The minimum absolute atomic E-state index is 0.187. The van der Waals surface area contributed by atoms with Crippen molar-refractivity contribution in [2.75, 3.05) is 12.9 Å². The Morgan fingerprint density at radius 2 is 1.91 bits per heavy atom. The van der Waals surface area contributed by atoms with Gasteiger partial charge in [0.05, 0.1) is 30.1 Å². The van der Waals surface area contributed by atoms with E-state index in [0.29, 0.717) is 28.8 Å². The van der Waals surface area contributed by atoms with E-state index in [1.54, 1.807) is 13.3 Å². The van der Waals surface area contributed by atoms with Crippen LogP contribution in [0.5, 0.6) is 11.5 Å². The van der Waals surface area contributed by atoms with Crippen LogP contribution in [-0.2, 0) is 11.4 Å². The Morgan fingerprint density at radius 3 is 2.72 bits per heavy atom. The topological polar surface area (TPSA) is 88.6 Å². The Labute approximate surface area is 189 Å². The highest BCUT2D eigenvalue weighted by Crippen LogP contribution is 2.30. The lowest BCUT2D eigenvalue weighted by atomic mass is 10.2. The molecule has 0 atom stereocenters. The van der Waals surface area contributed by atoms with Gasteiger partial charge < -0.3 is 14.5 Å². The van der Waals surface area contributed by atoms with E-state index >= 15 is 0 Å². The number of nitrogens with zero attached hydrogens (tertiary/aromatic N) is 2. The Balaban J connectivity index is 1.36. The first kappa shape index (κ1) is 21.5. The molecule has 2 N–H and O–H groups in total. The van der Waals surface area contributed by atoms with Gasteiger partial charge >= 0.3 is 0 Å². The van der Waals surface area contributed by atoms with Crippen molar-refractivity contribution in [3.05, 3.63) is 83.9 Å². The summed E-state index contributed by atoms with van der Waals surface area (Å²) in [7, 11) is 1.59. The van der Waals surface area contributed by atoms with Crippen molar-refractivity contribution in [2.45, 2.75) is 11.8 Å². The molecule has 0 spiro atoms. The van der Waals surface area contributed by atoms with Crippen LogP contribution in [0.15, 0.2) is 83.1 Å². The maximum absolute atomic E-state index is 12.2. The predicted octanol–water partition coefficient (Wildman–Crippen LogP) is 4.39. The molecule has 0 saturated carbocycles. The van der Waals surface area contributed by atoms with Gasteiger partial charge in [0.25, 0.3) is 5.91 Å². The van der Waals surface area contributed by atoms with E-state index in [4.69, 9.17) is 9.47 Å². The monoisotopic (exact) mass is 446 g/mol. The Kier molecular flexibility index (Phi) is 7.04. The number of ether oxygens (including phenoxy) is 2. The molecule has 7 nitrogen and oxygen atoms in total. The highest BCUT2D eigenvalue weighted by Gasteiger charge is 2.10. The van der Waals surface area contributed by atoms with Crippen LogP contribution in [0, 0.1) is 0 Å². The molecule has 1 amide bonds. The molecule has 0 unspecified atom stereocenters. The van der Waals surface area contributed by atoms with Crippen LogP contribution in [-0.4, -0.2) is 35.0 Å². The van der Waals surface area contributed by atoms with Gasteiger partial charge in [0.1, 0.15) is 6.61 Å². The summed E-state index contributed by atoms with van der Waals surface area (Å²) >= 11 is 1.32. The van der Waals surface area contributed by atoms with Gasteiger partial charge in [0, 0.05) is 5.56 Å². The van der Waals surface area contributed by atoms with Crippen LogP contribution in [0.25, 0.3) is 11.0 Å². The summed E-state index contributed by atoms with van der Waals surface area (Å²) in [5.74, 6) is 1.11. The number of fused-ring (bicyclic) bond motifs is 1. The third kappa shape index (κ3) is 5.47. The standard InChI is InChI=1S/C24H22N4O3S/c1-30-21-13-7-10-18(23(21)31-15-17-8-3-2-4-9-17)14-25-28-22(29)16-32-24-26-19-11-5-6-12-20(19)27-24/h2-14H,15-16H2,1H3,(H,26,27)(H,28,29)/b25-14+. The molecule has 1 heterocycles. The van der Waals surface area contributed by atoms with E-state index in [1.807, 2.05) is 72.8 Å². The highest BCUT2D eigenvalue weighted by atomic mass is 32.2. The number of aromatic nitrogens is 2. The van der Waals surface area contributed by atoms with E-state index in [9.17, 15) is 4.79 Å². The fraction of sp³-hybridized carbons (Fsp3) is 0.125. The second-order valence-electron chi connectivity index (χ2n) is 6.79. The van der Waals surface area contributed by atoms with Gasteiger partial charge in [-0.25, -0.2) is 10.4 Å². The average Bonchev–Trinajstić information content (AvgIpc) is 3.25. The number of rotatable bonds is 9. The Morgan fingerprint density at radius 1 is 1.09 bits per heavy atom. The maximum Gasteiger partial charge on any atom is 0.250 e. The summed E-state index contributed by atoms with van der Waals surface area (Å²) in [5, 5.41) is 4.77. The fourth-order valence-corrected chi connectivity index (χ4v) is 3.69. The second kappa shape index (κ2) is 10.5. The van der Waals surface area contributed by atoms with Crippen molar-refractivity contribution >= 4 is 34.9 Å². The first-order valence-corrected chi connectivity index (χ1v) is 10.9. The molecule has 4 rings (SSSR count). The number of hydrogen-bond acceptors (Lipinski definition) is 6. The van der Waals surface area contributed by atoms with Crippen molar-refractivity contribution in [1.29, 1.82) is 0 Å². The summed E-state index contributed by atoms with van der Waals surface area (Å²) < 4.78 is 11.4. The van der Waals surface area contributed by atoms with Gasteiger partial charge in [-0.15, -0.1) is 0 Å². The molecule has 162 valence electrons. The van der Waals surface area contributed by atoms with E-state index in [2.05, 4.69) is 20.5 Å². The first-order chi connectivity index (χ1) is 15.7. The zero-order valence-electron chi connectivity index (χ0n) is 17.4. The Hall–Kier alpha value is -3.78. The molecule has 3 aromatic carbocycles. The molecule has 0 aliphatic carbocycles. The summed E-state index contributed by atoms with van der Waals surface area (Å²) in [6.45, 7) is 0.391. The normalized spacial score (nSPS) is 11.0. The van der Waals surface area contributed by atoms with E-state index in [-0.39, 0.29) is 11.7 Å². The molecule has 8 heteroatoms. The Bertz CT molecular complexity index is 1190. The van der Waals surface area contributed by atoms with E-state index < -0.39 is 0 Å². The smallest absolute Gasteiger partial charge is 0.250 e. The van der Waals surface area contributed by atoms with Gasteiger partial charge in [-0.05, 0) is 29.8 Å². The second-order valence-corrected chi connectivity index (χ2v) is 7.76. The number of hydrogen-bond donors (Lipinski definition) is 2. The summed E-state index contributed by atoms with van der Waals surface area (Å²) in [4.78, 5) is 19.8. The van der Waals surface area contributed by atoms with Crippen LogP contribution in [0.2, 0.25) is 0 Å². The zero-order valence-corrected chi connectivity index (χ0v) is 18.3. The predicted molar refractivity (Wildman–Crippen MR) is 126 cm³/mol. The molecule has 0 saturated heterocycles.